The highest BCUT2D eigenvalue weighted by Gasteiger charge is 2.34. The molecule has 0 fully saturated rings. The summed E-state index contributed by atoms with van der Waals surface area (Å²) in [6.45, 7) is 3.74. The molecular formula is C28H27N3O6. The number of carbonyl (C=O) groups is 3. The van der Waals surface area contributed by atoms with Crippen molar-refractivity contribution in [3.63, 3.8) is 0 Å². The molecule has 1 aliphatic carbocycles. The van der Waals surface area contributed by atoms with Crippen molar-refractivity contribution < 1.29 is 28.6 Å². The van der Waals surface area contributed by atoms with Gasteiger partial charge in [-0.05, 0) is 25.1 Å². The molecular weight excluding hydrogens is 474 g/mol. The third-order valence-corrected chi connectivity index (χ3v) is 5.91. The normalized spacial score (nSPS) is 14.9. The van der Waals surface area contributed by atoms with Crippen molar-refractivity contribution in [3.05, 3.63) is 83.7 Å². The molecule has 4 rings (SSSR count). The zero-order valence-electron chi connectivity index (χ0n) is 21.0. The second-order valence-electron chi connectivity index (χ2n) is 8.15. The Kier molecular flexibility index (Phi) is 7.52. The Labute approximate surface area is 214 Å². The van der Waals surface area contributed by atoms with Crippen LogP contribution in [0.15, 0.2) is 78.1 Å². The number of ether oxygens (including phenoxy) is 3. The number of nitrogens with zero attached hydrogens (tertiary/aromatic N) is 2. The van der Waals surface area contributed by atoms with Crippen LogP contribution in [-0.4, -0.2) is 43.7 Å². The van der Waals surface area contributed by atoms with E-state index in [9.17, 15) is 14.4 Å². The first-order chi connectivity index (χ1) is 17.9. The minimum atomic E-state index is -0.691. The van der Waals surface area contributed by atoms with E-state index >= 15 is 0 Å². The highest BCUT2D eigenvalue weighted by Crippen LogP contribution is 2.39. The third kappa shape index (κ3) is 4.88. The number of rotatable bonds is 7. The highest BCUT2D eigenvalue weighted by atomic mass is 16.5. The molecule has 0 radical (unpaired) electrons. The first kappa shape index (κ1) is 25.4. The molecule has 9 heteroatoms. The summed E-state index contributed by atoms with van der Waals surface area (Å²) in [4.78, 5) is 44.7. The van der Waals surface area contributed by atoms with Crippen LogP contribution in [0.1, 0.15) is 24.2 Å². The minimum Gasteiger partial charge on any atom is -0.466 e. The van der Waals surface area contributed by atoms with E-state index in [4.69, 9.17) is 14.2 Å². The number of anilines is 3. The summed E-state index contributed by atoms with van der Waals surface area (Å²) in [7, 11) is 2.51. The molecule has 1 N–H and O–H groups in total. The van der Waals surface area contributed by atoms with Gasteiger partial charge < -0.3 is 24.4 Å². The Morgan fingerprint density at radius 2 is 1.65 bits per heavy atom. The van der Waals surface area contributed by atoms with Gasteiger partial charge in [0.2, 0.25) is 0 Å². The van der Waals surface area contributed by atoms with Crippen molar-refractivity contribution in [2.24, 2.45) is 5.92 Å². The lowest BCUT2D eigenvalue weighted by Crippen LogP contribution is -2.32. The van der Waals surface area contributed by atoms with Gasteiger partial charge in [-0.3, -0.25) is 0 Å². The maximum Gasteiger partial charge on any atom is 0.355 e. The summed E-state index contributed by atoms with van der Waals surface area (Å²) in [5.41, 5.74) is 2.82. The first-order valence-electron chi connectivity index (χ1n) is 11.7. The van der Waals surface area contributed by atoms with Crippen molar-refractivity contribution in [2.75, 3.05) is 31.0 Å². The number of hydrogen-bond donors (Lipinski definition) is 1. The largest absolute Gasteiger partial charge is 0.466 e. The lowest BCUT2D eigenvalue weighted by atomic mass is 9.95. The number of benzene rings is 1. The van der Waals surface area contributed by atoms with Gasteiger partial charge in [0.15, 0.2) is 0 Å². The number of methoxy groups -OCH3 is 2. The lowest BCUT2D eigenvalue weighted by Gasteiger charge is -2.31. The third-order valence-electron chi connectivity index (χ3n) is 5.91. The number of aromatic nitrogens is 1. The van der Waals surface area contributed by atoms with Crippen molar-refractivity contribution in [1.82, 2.24) is 4.98 Å². The Bertz CT molecular complexity index is 1380. The molecule has 0 amide bonds. The molecule has 37 heavy (non-hydrogen) atoms. The Balaban J connectivity index is 1.86. The molecule has 0 bridgehead atoms. The van der Waals surface area contributed by atoms with Crippen LogP contribution in [0.2, 0.25) is 0 Å². The fourth-order valence-corrected chi connectivity index (χ4v) is 4.20. The van der Waals surface area contributed by atoms with Gasteiger partial charge in [-0.2, -0.15) is 0 Å². The summed E-state index contributed by atoms with van der Waals surface area (Å²) in [5.74, 6) is -1.90. The van der Waals surface area contributed by atoms with Crippen molar-refractivity contribution >= 4 is 35.1 Å². The summed E-state index contributed by atoms with van der Waals surface area (Å²) in [6.07, 6.45) is 3.49. The zero-order chi connectivity index (χ0) is 26.5. The first-order valence-corrected chi connectivity index (χ1v) is 11.7. The maximum atomic E-state index is 12.9. The molecule has 9 nitrogen and oxygen atoms in total. The van der Waals surface area contributed by atoms with E-state index in [1.54, 1.807) is 61.4 Å². The second kappa shape index (κ2) is 10.9. The Morgan fingerprint density at radius 1 is 0.946 bits per heavy atom. The summed E-state index contributed by atoms with van der Waals surface area (Å²) in [5, 5.41) is 3.25. The predicted octanol–water partition coefficient (Wildman–Crippen LogP) is 4.68. The molecule has 0 spiro atoms. The van der Waals surface area contributed by atoms with Crippen LogP contribution in [0.5, 0.6) is 0 Å². The standard InChI is InChI=1S/C28H27N3O6/c1-5-37-27(33)23-18-11-7-6-8-12-19(18)29-25(23)30-20-13-9-10-14-21(20)31-16-15-17(2)22(26(32)35-3)24(31)28(34)36-4/h6-17H,5H2,1-4H3,(H,29,30). The lowest BCUT2D eigenvalue weighted by molar-refractivity contribution is -0.139. The number of esters is 3. The molecule has 1 aromatic carbocycles. The molecule has 0 saturated heterocycles. The molecule has 2 aliphatic heterocycles. The number of nitrogens with one attached hydrogen (secondary N) is 1. The van der Waals surface area contributed by atoms with Gasteiger partial charge in [-0.25, -0.2) is 19.4 Å². The molecule has 1 atom stereocenters. The van der Waals surface area contributed by atoms with Crippen LogP contribution >= 0.6 is 0 Å². The topological polar surface area (TPSA) is 107 Å². The van der Waals surface area contributed by atoms with Crippen molar-refractivity contribution in [1.29, 1.82) is 0 Å². The van der Waals surface area contributed by atoms with E-state index in [0.717, 1.165) is 0 Å². The Hall–Kier alpha value is -4.66. The van der Waals surface area contributed by atoms with E-state index < -0.39 is 17.9 Å². The van der Waals surface area contributed by atoms with Crippen LogP contribution in [0.3, 0.4) is 0 Å². The predicted molar refractivity (Wildman–Crippen MR) is 138 cm³/mol. The van der Waals surface area contributed by atoms with E-state index in [-0.39, 0.29) is 23.8 Å². The quantitative estimate of drug-likeness (QED) is 0.365. The second-order valence-corrected chi connectivity index (χ2v) is 8.15. The number of para-hydroxylation sites is 2. The number of carbonyl (C=O) groups excluding carboxylic acids is 3. The minimum absolute atomic E-state index is 0.0388. The maximum absolute atomic E-state index is 12.9. The SMILES string of the molecule is CCOC(=O)c1c2cccccc-2nc1Nc1ccccc1N1C=CC(C)C(C(=O)OC)=C1C(=O)OC. The zero-order valence-corrected chi connectivity index (χ0v) is 21.0. The summed E-state index contributed by atoms with van der Waals surface area (Å²) in [6, 6.07) is 16.3. The average molecular weight is 502 g/mol. The van der Waals surface area contributed by atoms with Gasteiger partial charge in [-0.15, -0.1) is 0 Å². The van der Waals surface area contributed by atoms with Gasteiger partial charge in [0.25, 0.3) is 0 Å². The van der Waals surface area contributed by atoms with E-state index in [0.29, 0.717) is 34.0 Å². The molecule has 0 aromatic heterocycles. The van der Waals surface area contributed by atoms with Crippen molar-refractivity contribution in [2.45, 2.75) is 13.8 Å². The molecule has 190 valence electrons. The van der Waals surface area contributed by atoms with E-state index in [1.807, 2.05) is 24.3 Å². The molecule has 2 heterocycles. The van der Waals surface area contributed by atoms with Crippen LogP contribution < -0.4 is 10.2 Å². The van der Waals surface area contributed by atoms with E-state index in [1.165, 1.54) is 14.2 Å². The highest BCUT2D eigenvalue weighted by molar-refractivity contribution is 6.06. The van der Waals surface area contributed by atoms with Gasteiger partial charge in [0.05, 0.1) is 43.5 Å². The van der Waals surface area contributed by atoms with Gasteiger partial charge in [0, 0.05) is 17.7 Å². The molecule has 1 unspecified atom stereocenters. The van der Waals surface area contributed by atoms with Crippen molar-refractivity contribution in [3.8, 4) is 11.3 Å². The average Bonchev–Trinajstić information content (AvgIpc) is 3.08. The van der Waals surface area contributed by atoms with Crippen LogP contribution in [0.4, 0.5) is 17.2 Å². The van der Waals surface area contributed by atoms with Crippen LogP contribution in [0, 0.1) is 5.92 Å². The molecule has 0 saturated carbocycles. The summed E-state index contributed by atoms with van der Waals surface area (Å²) < 4.78 is 15.3. The Morgan fingerprint density at radius 3 is 2.38 bits per heavy atom. The van der Waals surface area contributed by atoms with E-state index in [2.05, 4.69) is 10.3 Å². The number of hydrogen-bond acceptors (Lipinski definition) is 9. The molecule has 1 aromatic rings. The van der Waals surface area contributed by atoms with Crippen LogP contribution in [-0.2, 0) is 23.8 Å². The van der Waals surface area contributed by atoms with Gasteiger partial charge in [0.1, 0.15) is 17.1 Å². The fraction of sp³-hybridized carbons (Fsp3) is 0.214. The molecule has 3 aliphatic rings. The van der Waals surface area contributed by atoms with Gasteiger partial charge >= 0.3 is 17.9 Å². The number of allylic oxidation sites excluding steroid dienone is 1. The van der Waals surface area contributed by atoms with Gasteiger partial charge in [-0.1, -0.05) is 49.4 Å². The smallest absolute Gasteiger partial charge is 0.355 e. The van der Waals surface area contributed by atoms with Crippen LogP contribution in [0.25, 0.3) is 11.3 Å². The summed E-state index contributed by atoms with van der Waals surface area (Å²) >= 11 is 0. The fourth-order valence-electron chi connectivity index (χ4n) is 4.20. The monoisotopic (exact) mass is 501 g/mol. The number of fused-ring (bicyclic) bond motifs is 1.